The molecular formula is C12H13ClN2O. The quantitative estimate of drug-likeness (QED) is 0.870. The first-order chi connectivity index (χ1) is 7.63. The molecule has 0 amide bonds. The molecule has 4 heteroatoms. The number of halogens is 1. The van der Waals surface area contributed by atoms with Crippen molar-refractivity contribution >= 4 is 11.6 Å². The van der Waals surface area contributed by atoms with Gasteiger partial charge in [0.25, 0.3) is 0 Å². The molecule has 0 aliphatic rings. The van der Waals surface area contributed by atoms with Gasteiger partial charge in [-0.05, 0) is 31.2 Å². The summed E-state index contributed by atoms with van der Waals surface area (Å²) in [4.78, 5) is 4.40. The van der Waals surface area contributed by atoms with E-state index in [0.717, 1.165) is 17.1 Å². The number of aliphatic hydroxyl groups is 1. The Bertz CT molecular complexity index is 502. The number of aliphatic hydroxyl groups excluding tert-OH is 1. The highest BCUT2D eigenvalue weighted by atomic mass is 35.5. The van der Waals surface area contributed by atoms with Crippen molar-refractivity contribution in [3.63, 3.8) is 0 Å². The van der Waals surface area contributed by atoms with Crippen molar-refractivity contribution in [1.29, 1.82) is 0 Å². The Morgan fingerprint density at radius 2 is 1.94 bits per heavy atom. The fourth-order valence-corrected chi connectivity index (χ4v) is 1.77. The lowest BCUT2D eigenvalue weighted by Crippen LogP contribution is -1.95. The first-order valence-corrected chi connectivity index (χ1v) is 5.40. The van der Waals surface area contributed by atoms with Crippen LogP contribution >= 0.6 is 11.6 Å². The van der Waals surface area contributed by atoms with E-state index in [1.165, 1.54) is 0 Å². The summed E-state index contributed by atoms with van der Waals surface area (Å²) in [6, 6.07) is 7.51. The van der Waals surface area contributed by atoms with E-state index >= 15 is 0 Å². The minimum atomic E-state index is -0.0345. The number of benzene rings is 1. The molecule has 0 radical (unpaired) electrons. The van der Waals surface area contributed by atoms with Gasteiger partial charge in [0.05, 0.1) is 12.3 Å². The Morgan fingerprint density at radius 1 is 1.31 bits per heavy atom. The molecule has 0 unspecified atom stereocenters. The number of imidazole rings is 1. The van der Waals surface area contributed by atoms with Crippen LogP contribution in [0.3, 0.4) is 0 Å². The van der Waals surface area contributed by atoms with Crippen LogP contribution in [0, 0.1) is 6.92 Å². The predicted octanol–water partition coefficient (Wildman–Crippen LogP) is 2.54. The molecule has 0 aliphatic heterocycles. The highest BCUT2D eigenvalue weighted by Crippen LogP contribution is 2.22. The van der Waals surface area contributed by atoms with E-state index in [2.05, 4.69) is 4.98 Å². The lowest BCUT2D eigenvalue weighted by molar-refractivity contribution is 0.276. The van der Waals surface area contributed by atoms with Gasteiger partial charge in [-0.1, -0.05) is 11.6 Å². The van der Waals surface area contributed by atoms with Gasteiger partial charge in [0.2, 0.25) is 0 Å². The van der Waals surface area contributed by atoms with Crippen molar-refractivity contribution in [1.82, 2.24) is 9.55 Å². The average Bonchev–Trinajstić information content (AvgIpc) is 2.57. The molecule has 1 N–H and O–H groups in total. The Hall–Kier alpha value is -1.32. The number of nitrogens with zero attached hydrogens (tertiary/aromatic N) is 2. The molecule has 0 saturated heterocycles. The molecule has 1 heterocycles. The molecule has 0 aliphatic carbocycles. The van der Waals surface area contributed by atoms with Gasteiger partial charge in [-0.25, -0.2) is 4.98 Å². The zero-order valence-corrected chi connectivity index (χ0v) is 9.99. The third kappa shape index (κ3) is 1.84. The molecule has 1 aromatic carbocycles. The van der Waals surface area contributed by atoms with Crippen LogP contribution in [0.15, 0.2) is 24.3 Å². The summed E-state index contributed by atoms with van der Waals surface area (Å²) >= 11 is 5.84. The van der Waals surface area contributed by atoms with Gasteiger partial charge in [0.15, 0.2) is 0 Å². The van der Waals surface area contributed by atoms with Gasteiger partial charge >= 0.3 is 0 Å². The van der Waals surface area contributed by atoms with Crippen molar-refractivity contribution in [2.45, 2.75) is 13.5 Å². The van der Waals surface area contributed by atoms with Crippen LogP contribution in [0.2, 0.25) is 5.02 Å². The van der Waals surface area contributed by atoms with E-state index in [4.69, 9.17) is 16.7 Å². The maximum Gasteiger partial charge on any atom is 0.140 e. The number of hydrogen-bond donors (Lipinski definition) is 1. The summed E-state index contributed by atoms with van der Waals surface area (Å²) in [6.45, 7) is 1.91. The zero-order valence-electron chi connectivity index (χ0n) is 9.24. The van der Waals surface area contributed by atoms with Crippen molar-refractivity contribution in [2.24, 2.45) is 7.05 Å². The van der Waals surface area contributed by atoms with E-state index in [1.807, 2.05) is 42.8 Å². The Balaban J connectivity index is 2.52. The van der Waals surface area contributed by atoms with Crippen LogP contribution in [0.4, 0.5) is 0 Å². The predicted molar refractivity (Wildman–Crippen MR) is 64.3 cm³/mol. The Labute approximate surface area is 99.3 Å². The highest BCUT2D eigenvalue weighted by molar-refractivity contribution is 6.30. The normalized spacial score (nSPS) is 10.8. The largest absolute Gasteiger partial charge is 0.390 e. The van der Waals surface area contributed by atoms with Crippen LogP contribution in [-0.4, -0.2) is 14.7 Å². The number of rotatable bonds is 2. The molecule has 2 aromatic rings. The molecule has 3 nitrogen and oxygen atoms in total. The summed E-state index contributed by atoms with van der Waals surface area (Å²) in [5, 5.41) is 9.86. The van der Waals surface area contributed by atoms with Gasteiger partial charge in [-0.3, -0.25) is 0 Å². The second kappa shape index (κ2) is 4.28. The first-order valence-electron chi connectivity index (χ1n) is 5.02. The SMILES string of the molecule is Cc1c(CO)nc(-c2ccc(Cl)cc2)n1C. The van der Waals surface area contributed by atoms with E-state index in [9.17, 15) is 0 Å². The van der Waals surface area contributed by atoms with Gasteiger partial charge in [-0.15, -0.1) is 0 Å². The molecule has 1 aromatic heterocycles. The molecule has 0 fully saturated rings. The van der Waals surface area contributed by atoms with Crippen molar-refractivity contribution in [3.05, 3.63) is 40.7 Å². The van der Waals surface area contributed by atoms with Crippen molar-refractivity contribution in [3.8, 4) is 11.4 Å². The molecule has 0 spiro atoms. The summed E-state index contributed by atoms with van der Waals surface area (Å²) in [7, 11) is 1.94. The molecule has 84 valence electrons. The smallest absolute Gasteiger partial charge is 0.140 e. The van der Waals surface area contributed by atoms with Gasteiger partial charge in [0, 0.05) is 23.3 Å². The second-order valence-corrected chi connectivity index (χ2v) is 4.13. The summed E-state index contributed by atoms with van der Waals surface area (Å²) in [5.41, 5.74) is 2.69. The number of hydrogen-bond acceptors (Lipinski definition) is 2. The maximum absolute atomic E-state index is 9.15. The van der Waals surface area contributed by atoms with Crippen molar-refractivity contribution < 1.29 is 5.11 Å². The molecule has 0 atom stereocenters. The van der Waals surface area contributed by atoms with Crippen LogP contribution in [0.5, 0.6) is 0 Å². The van der Waals surface area contributed by atoms with E-state index in [-0.39, 0.29) is 6.61 Å². The Kier molecular flexibility index (Phi) is 2.99. The second-order valence-electron chi connectivity index (χ2n) is 3.69. The maximum atomic E-state index is 9.15. The first kappa shape index (κ1) is 11.2. The lowest BCUT2D eigenvalue weighted by Gasteiger charge is -2.02. The molecule has 16 heavy (non-hydrogen) atoms. The van der Waals surface area contributed by atoms with E-state index < -0.39 is 0 Å². The van der Waals surface area contributed by atoms with Gasteiger partial charge in [-0.2, -0.15) is 0 Å². The molecule has 0 bridgehead atoms. The average molecular weight is 237 g/mol. The fourth-order valence-electron chi connectivity index (χ4n) is 1.64. The van der Waals surface area contributed by atoms with Crippen LogP contribution in [0.25, 0.3) is 11.4 Å². The molecular weight excluding hydrogens is 224 g/mol. The topological polar surface area (TPSA) is 38.1 Å². The van der Waals surface area contributed by atoms with Crippen molar-refractivity contribution in [2.75, 3.05) is 0 Å². The highest BCUT2D eigenvalue weighted by Gasteiger charge is 2.11. The van der Waals surface area contributed by atoms with E-state index in [1.54, 1.807) is 0 Å². The third-order valence-electron chi connectivity index (χ3n) is 2.73. The minimum absolute atomic E-state index is 0.0345. The fraction of sp³-hybridized carbons (Fsp3) is 0.250. The van der Waals surface area contributed by atoms with Crippen LogP contribution < -0.4 is 0 Å². The summed E-state index contributed by atoms with van der Waals surface area (Å²) in [6.07, 6.45) is 0. The van der Waals surface area contributed by atoms with E-state index in [0.29, 0.717) is 10.7 Å². The third-order valence-corrected chi connectivity index (χ3v) is 2.98. The summed E-state index contributed by atoms with van der Waals surface area (Å²) < 4.78 is 1.97. The molecule has 0 saturated carbocycles. The minimum Gasteiger partial charge on any atom is -0.390 e. The standard InChI is InChI=1S/C12H13ClN2O/c1-8-11(7-16)14-12(15(8)2)9-3-5-10(13)6-4-9/h3-6,16H,7H2,1-2H3. The van der Waals surface area contributed by atoms with Crippen LogP contribution in [-0.2, 0) is 13.7 Å². The Morgan fingerprint density at radius 3 is 2.44 bits per heavy atom. The molecule has 2 rings (SSSR count). The monoisotopic (exact) mass is 236 g/mol. The van der Waals surface area contributed by atoms with Gasteiger partial charge in [0.1, 0.15) is 5.82 Å². The summed E-state index contributed by atoms with van der Waals surface area (Å²) in [5.74, 6) is 0.846. The van der Waals surface area contributed by atoms with Gasteiger partial charge < -0.3 is 9.67 Å². The lowest BCUT2D eigenvalue weighted by atomic mass is 10.2. The zero-order chi connectivity index (χ0) is 11.7. The number of aromatic nitrogens is 2. The van der Waals surface area contributed by atoms with Crippen LogP contribution in [0.1, 0.15) is 11.4 Å².